The molecule has 1 N–H and O–H groups in total. The predicted octanol–water partition coefficient (Wildman–Crippen LogP) is 0.738. The molecular formula is C14H30N2O3. The van der Waals surface area contributed by atoms with Gasteiger partial charge in [0, 0.05) is 46.0 Å². The molecule has 1 aliphatic heterocycles. The summed E-state index contributed by atoms with van der Waals surface area (Å²) in [6, 6.07) is 0.938. The second kappa shape index (κ2) is 10.6. The first-order valence-electron chi connectivity index (χ1n) is 7.36. The molecule has 19 heavy (non-hydrogen) atoms. The van der Waals surface area contributed by atoms with Crippen LogP contribution in [0.3, 0.4) is 0 Å². The van der Waals surface area contributed by atoms with Crippen LogP contribution in [0, 0.1) is 0 Å². The van der Waals surface area contributed by atoms with Crippen molar-refractivity contribution in [3.05, 3.63) is 0 Å². The van der Waals surface area contributed by atoms with E-state index in [1.54, 1.807) is 14.2 Å². The van der Waals surface area contributed by atoms with Crippen LogP contribution in [0.2, 0.25) is 0 Å². The molecule has 5 nitrogen and oxygen atoms in total. The van der Waals surface area contributed by atoms with Gasteiger partial charge in [-0.25, -0.2) is 0 Å². The molecule has 114 valence electrons. The zero-order valence-corrected chi connectivity index (χ0v) is 12.7. The van der Waals surface area contributed by atoms with Crippen LogP contribution in [0.5, 0.6) is 0 Å². The molecule has 0 aromatic rings. The number of nitrogens with one attached hydrogen (secondary N) is 1. The summed E-state index contributed by atoms with van der Waals surface area (Å²) in [5, 5.41) is 3.65. The van der Waals surface area contributed by atoms with Gasteiger partial charge in [0.05, 0.1) is 19.8 Å². The minimum absolute atomic E-state index is 0.422. The van der Waals surface area contributed by atoms with Gasteiger partial charge in [0.1, 0.15) is 0 Å². The van der Waals surface area contributed by atoms with Crippen LogP contribution in [0.15, 0.2) is 0 Å². The minimum atomic E-state index is 0.422. The molecule has 0 spiro atoms. The summed E-state index contributed by atoms with van der Waals surface area (Å²) < 4.78 is 16.1. The van der Waals surface area contributed by atoms with E-state index in [9.17, 15) is 0 Å². The molecule has 0 aromatic carbocycles. The fourth-order valence-electron chi connectivity index (χ4n) is 2.51. The lowest BCUT2D eigenvalue weighted by molar-refractivity contribution is -0.0177. The Morgan fingerprint density at radius 3 is 2.47 bits per heavy atom. The highest BCUT2D eigenvalue weighted by Gasteiger charge is 2.29. The van der Waals surface area contributed by atoms with E-state index in [0.29, 0.717) is 12.1 Å². The van der Waals surface area contributed by atoms with E-state index in [1.165, 1.54) is 6.42 Å². The molecule has 1 fully saturated rings. The van der Waals surface area contributed by atoms with Gasteiger partial charge in [0.25, 0.3) is 0 Å². The lowest BCUT2D eigenvalue weighted by Crippen LogP contribution is -2.56. The molecule has 1 saturated heterocycles. The van der Waals surface area contributed by atoms with Gasteiger partial charge in [-0.2, -0.15) is 0 Å². The van der Waals surface area contributed by atoms with E-state index in [2.05, 4.69) is 17.1 Å². The molecule has 5 heteroatoms. The number of methoxy groups -OCH3 is 2. The summed E-state index contributed by atoms with van der Waals surface area (Å²) in [7, 11) is 3.50. The summed E-state index contributed by atoms with van der Waals surface area (Å²) in [6.45, 7) is 8.30. The first-order valence-corrected chi connectivity index (χ1v) is 7.36. The van der Waals surface area contributed by atoms with Crippen molar-refractivity contribution in [1.82, 2.24) is 10.2 Å². The molecule has 1 heterocycles. The molecule has 1 rings (SSSR count). The topological polar surface area (TPSA) is 43.0 Å². The Bertz CT molecular complexity index is 209. The summed E-state index contributed by atoms with van der Waals surface area (Å²) >= 11 is 0. The number of nitrogens with zero attached hydrogens (tertiary/aromatic N) is 1. The summed E-state index contributed by atoms with van der Waals surface area (Å²) in [5.74, 6) is 0. The summed E-state index contributed by atoms with van der Waals surface area (Å²) in [5.41, 5.74) is 0. The molecule has 0 aromatic heterocycles. The van der Waals surface area contributed by atoms with Gasteiger partial charge in [0.15, 0.2) is 0 Å². The Morgan fingerprint density at radius 1 is 1.21 bits per heavy atom. The molecular weight excluding hydrogens is 244 g/mol. The average Bonchev–Trinajstić information content (AvgIpc) is 2.46. The Morgan fingerprint density at radius 2 is 1.89 bits per heavy atom. The van der Waals surface area contributed by atoms with E-state index in [0.717, 1.165) is 52.5 Å². The van der Waals surface area contributed by atoms with Crippen LogP contribution >= 0.6 is 0 Å². The third-order valence-corrected chi connectivity index (χ3v) is 3.62. The monoisotopic (exact) mass is 274 g/mol. The van der Waals surface area contributed by atoms with Gasteiger partial charge < -0.3 is 19.5 Å². The van der Waals surface area contributed by atoms with Gasteiger partial charge in [-0.15, -0.1) is 0 Å². The van der Waals surface area contributed by atoms with E-state index in [-0.39, 0.29) is 0 Å². The van der Waals surface area contributed by atoms with E-state index >= 15 is 0 Å². The fraction of sp³-hybridized carbons (Fsp3) is 1.00. The van der Waals surface area contributed by atoms with Crippen LogP contribution in [-0.4, -0.2) is 77.3 Å². The second-order valence-electron chi connectivity index (χ2n) is 5.01. The Balaban J connectivity index is 2.54. The van der Waals surface area contributed by atoms with Gasteiger partial charge in [0.2, 0.25) is 0 Å². The smallest absolute Gasteiger partial charge is 0.0637 e. The fourth-order valence-corrected chi connectivity index (χ4v) is 2.51. The third-order valence-electron chi connectivity index (χ3n) is 3.62. The van der Waals surface area contributed by atoms with Gasteiger partial charge >= 0.3 is 0 Å². The molecule has 0 radical (unpaired) electrons. The van der Waals surface area contributed by atoms with Crippen LogP contribution < -0.4 is 5.32 Å². The molecule has 0 bridgehead atoms. The zero-order chi connectivity index (χ0) is 13.9. The highest BCUT2D eigenvalue weighted by Crippen LogP contribution is 2.14. The Hall–Kier alpha value is -0.200. The Labute approximate surface area is 117 Å². The second-order valence-corrected chi connectivity index (χ2v) is 5.01. The van der Waals surface area contributed by atoms with Gasteiger partial charge in [-0.05, 0) is 19.4 Å². The first kappa shape index (κ1) is 16.9. The van der Waals surface area contributed by atoms with Crippen LogP contribution in [0.4, 0.5) is 0 Å². The maximum Gasteiger partial charge on any atom is 0.0637 e. The number of hydrogen-bond acceptors (Lipinski definition) is 5. The van der Waals surface area contributed by atoms with Gasteiger partial charge in [-0.3, -0.25) is 4.90 Å². The van der Waals surface area contributed by atoms with Crippen molar-refractivity contribution >= 4 is 0 Å². The lowest BCUT2D eigenvalue weighted by atomic mass is 10.0. The van der Waals surface area contributed by atoms with Crippen molar-refractivity contribution in [3.63, 3.8) is 0 Å². The predicted molar refractivity (Wildman–Crippen MR) is 76.6 cm³/mol. The Kier molecular flexibility index (Phi) is 9.38. The normalized spacial score (nSPS) is 24.0. The van der Waals surface area contributed by atoms with E-state index in [4.69, 9.17) is 14.2 Å². The van der Waals surface area contributed by atoms with Crippen molar-refractivity contribution < 1.29 is 14.2 Å². The van der Waals surface area contributed by atoms with Gasteiger partial charge in [-0.1, -0.05) is 6.92 Å². The first-order chi connectivity index (χ1) is 9.33. The number of rotatable bonds is 10. The molecule has 2 atom stereocenters. The van der Waals surface area contributed by atoms with E-state index < -0.39 is 0 Å². The van der Waals surface area contributed by atoms with E-state index in [1.807, 2.05) is 0 Å². The van der Waals surface area contributed by atoms with Crippen molar-refractivity contribution in [2.24, 2.45) is 0 Å². The molecule has 2 unspecified atom stereocenters. The molecule has 1 aliphatic rings. The lowest BCUT2D eigenvalue weighted by Gasteiger charge is -2.40. The SMILES string of the molecule is CCCNC1CCOCC1N(CCOC)CCOC. The van der Waals surface area contributed by atoms with Crippen LogP contribution in [-0.2, 0) is 14.2 Å². The van der Waals surface area contributed by atoms with Crippen molar-refractivity contribution in [1.29, 1.82) is 0 Å². The zero-order valence-electron chi connectivity index (χ0n) is 12.7. The quantitative estimate of drug-likeness (QED) is 0.636. The van der Waals surface area contributed by atoms with Crippen LogP contribution in [0.1, 0.15) is 19.8 Å². The molecule has 0 saturated carbocycles. The van der Waals surface area contributed by atoms with Crippen molar-refractivity contribution in [2.45, 2.75) is 31.8 Å². The standard InChI is InChI=1S/C14H30N2O3/c1-4-6-15-13-5-9-19-12-14(13)16(7-10-17-2)8-11-18-3/h13-15H,4-12H2,1-3H3. The van der Waals surface area contributed by atoms with Crippen molar-refractivity contribution in [3.8, 4) is 0 Å². The molecule has 0 aliphatic carbocycles. The third kappa shape index (κ3) is 6.19. The highest BCUT2D eigenvalue weighted by molar-refractivity contribution is 4.87. The maximum absolute atomic E-state index is 5.67. The largest absolute Gasteiger partial charge is 0.383 e. The van der Waals surface area contributed by atoms with Crippen molar-refractivity contribution in [2.75, 3.05) is 60.3 Å². The maximum atomic E-state index is 5.67. The number of ether oxygens (including phenoxy) is 3. The molecule has 0 amide bonds. The summed E-state index contributed by atoms with van der Waals surface area (Å²) in [4.78, 5) is 2.43. The minimum Gasteiger partial charge on any atom is -0.383 e. The average molecular weight is 274 g/mol. The summed E-state index contributed by atoms with van der Waals surface area (Å²) in [6.07, 6.45) is 2.25. The number of hydrogen-bond donors (Lipinski definition) is 1. The van der Waals surface area contributed by atoms with Crippen LogP contribution in [0.25, 0.3) is 0 Å². The highest BCUT2D eigenvalue weighted by atomic mass is 16.5.